The molecule has 1 aliphatic heterocycles. The number of hydrogen-bond acceptors (Lipinski definition) is 2. The minimum absolute atomic E-state index is 0.602. The normalized spacial score (nSPS) is 24.3. The standard InChI is InChI=1S/C15H23ClN2/c1-11-5-4-8-18(12(11)2)14-7-6-13(10-17-3)15(16)9-14/h6-7,9,11-12,17H,4-5,8,10H2,1-3H3. The molecule has 2 atom stereocenters. The Morgan fingerprint density at radius 3 is 2.83 bits per heavy atom. The summed E-state index contributed by atoms with van der Waals surface area (Å²) in [6.45, 7) is 6.63. The maximum atomic E-state index is 6.34. The SMILES string of the molecule is CNCc1ccc(N2CCCC(C)C2C)cc1Cl. The smallest absolute Gasteiger partial charge is 0.0471 e. The Bertz CT molecular complexity index is 405. The summed E-state index contributed by atoms with van der Waals surface area (Å²) in [4.78, 5) is 2.49. The fourth-order valence-electron chi connectivity index (χ4n) is 2.75. The van der Waals surface area contributed by atoms with Crippen LogP contribution in [-0.2, 0) is 6.54 Å². The molecule has 2 unspecified atom stereocenters. The molecule has 0 radical (unpaired) electrons. The zero-order chi connectivity index (χ0) is 13.1. The lowest BCUT2D eigenvalue weighted by atomic mass is 9.91. The highest BCUT2D eigenvalue weighted by atomic mass is 35.5. The molecule has 1 saturated heterocycles. The lowest BCUT2D eigenvalue weighted by Crippen LogP contribution is -2.42. The van der Waals surface area contributed by atoms with Crippen LogP contribution in [0.25, 0.3) is 0 Å². The minimum atomic E-state index is 0.602. The molecule has 1 N–H and O–H groups in total. The van der Waals surface area contributed by atoms with Gasteiger partial charge < -0.3 is 10.2 Å². The third-order valence-corrected chi connectivity index (χ3v) is 4.46. The molecule has 100 valence electrons. The number of benzene rings is 1. The Morgan fingerprint density at radius 2 is 2.17 bits per heavy atom. The van der Waals surface area contributed by atoms with Crippen LogP contribution in [0.3, 0.4) is 0 Å². The van der Waals surface area contributed by atoms with Crippen LogP contribution in [0.1, 0.15) is 32.3 Å². The number of halogens is 1. The van der Waals surface area contributed by atoms with Gasteiger partial charge in [-0.05, 0) is 50.4 Å². The number of hydrogen-bond donors (Lipinski definition) is 1. The van der Waals surface area contributed by atoms with Crippen molar-refractivity contribution in [3.63, 3.8) is 0 Å². The van der Waals surface area contributed by atoms with Gasteiger partial charge in [0.15, 0.2) is 0 Å². The summed E-state index contributed by atoms with van der Waals surface area (Å²) >= 11 is 6.34. The van der Waals surface area contributed by atoms with E-state index in [9.17, 15) is 0 Å². The first-order valence-electron chi connectivity index (χ1n) is 6.83. The van der Waals surface area contributed by atoms with Gasteiger partial charge in [0.1, 0.15) is 0 Å². The van der Waals surface area contributed by atoms with Crippen LogP contribution in [0.15, 0.2) is 18.2 Å². The number of anilines is 1. The molecule has 2 rings (SSSR count). The first kappa shape index (κ1) is 13.7. The first-order valence-corrected chi connectivity index (χ1v) is 7.21. The van der Waals surface area contributed by atoms with E-state index >= 15 is 0 Å². The molecule has 0 amide bonds. The number of nitrogens with one attached hydrogen (secondary N) is 1. The van der Waals surface area contributed by atoms with Crippen molar-refractivity contribution in [3.05, 3.63) is 28.8 Å². The van der Waals surface area contributed by atoms with E-state index < -0.39 is 0 Å². The maximum absolute atomic E-state index is 6.34. The predicted molar refractivity (Wildman–Crippen MR) is 79.4 cm³/mol. The van der Waals surface area contributed by atoms with Crippen molar-refractivity contribution >= 4 is 17.3 Å². The summed E-state index contributed by atoms with van der Waals surface area (Å²) in [5.74, 6) is 0.759. The zero-order valence-corrected chi connectivity index (χ0v) is 12.3. The molecule has 0 aromatic heterocycles. The van der Waals surface area contributed by atoms with Crippen LogP contribution < -0.4 is 10.2 Å². The van der Waals surface area contributed by atoms with Crippen molar-refractivity contribution in [2.45, 2.75) is 39.3 Å². The summed E-state index contributed by atoms with van der Waals surface area (Å²) in [6, 6.07) is 7.06. The molecule has 1 heterocycles. The summed E-state index contributed by atoms with van der Waals surface area (Å²) in [7, 11) is 1.94. The van der Waals surface area contributed by atoms with Gasteiger partial charge in [-0.2, -0.15) is 0 Å². The molecule has 1 aromatic carbocycles. The monoisotopic (exact) mass is 266 g/mol. The summed E-state index contributed by atoms with van der Waals surface area (Å²) in [5.41, 5.74) is 2.43. The van der Waals surface area contributed by atoms with Gasteiger partial charge in [-0.25, -0.2) is 0 Å². The molecule has 1 fully saturated rings. The molecule has 1 aromatic rings. The lowest BCUT2D eigenvalue weighted by molar-refractivity contribution is 0.363. The van der Waals surface area contributed by atoms with Gasteiger partial charge in [0, 0.05) is 29.8 Å². The van der Waals surface area contributed by atoms with Crippen molar-refractivity contribution in [1.82, 2.24) is 5.32 Å². The van der Waals surface area contributed by atoms with Crippen LogP contribution in [0.2, 0.25) is 5.02 Å². The number of nitrogens with zero attached hydrogens (tertiary/aromatic N) is 1. The van der Waals surface area contributed by atoms with Crippen molar-refractivity contribution in [2.24, 2.45) is 5.92 Å². The maximum Gasteiger partial charge on any atom is 0.0471 e. The summed E-state index contributed by atoms with van der Waals surface area (Å²) in [5, 5.41) is 4.01. The van der Waals surface area contributed by atoms with Crippen LogP contribution >= 0.6 is 11.6 Å². The average molecular weight is 267 g/mol. The van der Waals surface area contributed by atoms with E-state index in [1.54, 1.807) is 0 Å². The predicted octanol–water partition coefficient (Wildman–Crippen LogP) is 3.68. The van der Waals surface area contributed by atoms with Crippen LogP contribution in [-0.4, -0.2) is 19.6 Å². The van der Waals surface area contributed by atoms with Gasteiger partial charge in [-0.3, -0.25) is 0 Å². The van der Waals surface area contributed by atoms with Crippen LogP contribution in [0.4, 0.5) is 5.69 Å². The molecule has 0 saturated carbocycles. The topological polar surface area (TPSA) is 15.3 Å². The fraction of sp³-hybridized carbons (Fsp3) is 0.600. The molecule has 0 aliphatic carbocycles. The van der Waals surface area contributed by atoms with Gasteiger partial charge in [0.05, 0.1) is 0 Å². The van der Waals surface area contributed by atoms with E-state index in [4.69, 9.17) is 11.6 Å². The Hall–Kier alpha value is -0.730. The highest BCUT2D eigenvalue weighted by Crippen LogP contribution is 2.31. The molecule has 0 spiro atoms. The third-order valence-electron chi connectivity index (χ3n) is 4.11. The van der Waals surface area contributed by atoms with Gasteiger partial charge in [0.2, 0.25) is 0 Å². The minimum Gasteiger partial charge on any atom is -0.369 e. The second-order valence-corrected chi connectivity index (χ2v) is 5.77. The molecule has 2 nitrogen and oxygen atoms in total. The highest BCUT2D eigenvalue weighted by Gasteiger charge is 2.24. The van der Waals surface area contributed by atoms with Crippen LogP contribution in [0, 0.1) is 5.92 Å². The van der Waals surface area contributed by atoms with Gasteiger partial charge >= 0.3 is 0 Å². The molecule has 1 aliphatic rings. The molecule has 18 heavy (non-hydrogen) atoms. The first-order chi connectivity index (χ1) is 8.63. The Balaban J connectivity index is 2.20. The molecular weight excluding hydrogens is 244 g/mol. The number of piperidine rings is 1. The molecule has 0 bridgehead atoms. The summed E-state index contributed by atoms with van der Waals surface area (Å²) in [6.07, 6.45) is 2.62. The van der Waals surface area contributed by atoms with Gasteiger partial charge in [-0.1, -0.05) is 24.6 Å². The Morgan fingerprint density at radius 1 is 1.39 bits per heavy atom. The Kier molecular flexibility index (Phi) is 4.52. The van der Waals surface area contributed by atoms with Crippen molar-refractivity contribution < 1.29 is 0 Å². The second kappa shape index (κ2) is 5.94. The largest absolute Gasteiger partial charge is 0.369 e. The van der Waals surface area contributed by atoms with E-state index in [1.807, 2.05) is 7.05 Å². The van der Waals surface area contributed by atoms with Crippen LogP contribution in [0.5, 0.6) is 0 Å². The molecular formula is C15H23ClN2. The van der Waals surface area contributed by atoms with Crippen molar-refractivity contribution in [1.29, 1.82) is 0 Å². The summed E-state index contributed by atoms with van der Waals surface area (Å²) < 4.78 is 0. The average Bonchev–Trinajstić information content (AvgIpc) is 2.35. The highest BCUT2D eigenvalue weighted by molar-refractivity contribution is 6.31. The quantitative estimate of drug-likeness (QED) is 0.898. The van der Waals surface area contributed by atoms with E-state index in [0.29, 0.717) is 6.04 Å². The second-order valence-electron chi connectivity index (χ2n) is 5.36. The molecule has 3 heteroatoms. The lowest BCUT2D eigenvalue weighted by Gasteiger charge is -2.39. The fourth-order valence-corrected chi connectivity index (χ4v) is 2.99. The van der Waals surface area contributed by atoms with E-state index in [0.717, 1.165) is 24.0 Å². The Labute approximate surface area is 115 Å². The van der Waals surface area contributed by atoms with Crippen molar-refractivity contribution in [2.75, 3.05) is 18.5 Å². The van der Waals surface area contributed by atoms with Gasteiger partial charge in [0.25, 0.3) is 0 Å². The van der Waals surface area contributed by atoms with Gasteiger partial charge in [-0.15, -0.1) is 0 Å². The third kappa shape index (κ3) is 2.81. The van der Waals surface area contributed by atoms with E-state index in [-0.39, 0.29) is 0 Å². The van der Waals surface area contributed by atoms with Crippen molar-refractivity contribution in [3.8, 4) is 0 Å². The van der Waals surface area contributed by atoms with E-state index in [1.165, 1.54) is 24.1 Å². The van der Waals surface area contributed by atoms with E-state index in [2.05, 4.69) is 42.3 Å². The zero-order valence-electron chi connectivity index (χ0n) is 11.5. The number of rotatable bonds is 3.